The van der Waals surface area contributed by atoms with Crippen molar-refractivity contribution < 1.29 is 23.8 Å². The van der Waals surface area contributed by atoms with Crippen LogP contribution in [-0.2, 0) is 22.6 Å². The molecule has 0 saturated carbocycles. The van der Waals surface area contributed by atoms with Gasteiger partial charge in [-0.25, -0.2) is 5.43 Å². The predicted molar refractivity (Wildman–Crippen MR) is 190 cm³/mol. The fourth-order valence-electron chi connectivity index (χ4n) is 4.27. The normalized spacial score (nSPS) is 12.3. The summed E-state index contributed by atoms with van der Waals surface area (Å²) in [6.07, 6.45) is 0.710. The topological polar surface area (TPSA) is 98.2 Å². The summed E-state index contributed by atoms with van der Waals surface area (Å²) >= 11 is 28.0. The molecule has 2 N–H and O–H groups in total. The maximum atomic E-state index is 13.3. The minimum Gasteiger partial charge on any atom is -0.490 e. The van der Waals surface area contributed by atoms with Gasteiger partial charge in [-0.15, -0.1) is 0 Å². The highest BCUT2D eigenvalue weighted by molar-refractivity contribution is 9.10. The van der Waals surface area contributed by atoms with Crippen LogP contribution < -0.4 is 25.0 Å². The summed E-state index contributed by atoms with van der Waals surface area (Å²) in [5.41, 5.74) is 4.74. The van der Waals surface area contributed by atoms with E-state index in [-0.39, 0.29) is 23.8 Å². The molecule has 8 nitrogen and oxygen atoms in total. The van der Waals surface area contributed by atoms with Crippen LogP contribution in [0.4, 0.5) is 0 Å². The number of hydrogen-bond donors (Lipinski definition) is 2. The summed E-state index contributed by atoms with van der Waals surface area (Å²) in [4.78, 5) is 26.4. The first-order valence-corrected chi connectivity index (χ1v) is 16.7. The summed E-state index contributed by atoms with van der Waals surface area (Å²) in [7, 11) is 0. The Labute approximate surface area is 301 Å². The van der Waals surface area contributed by atoms with Gasteiger partial charge in [0.2, 0.25) is 0 Å². The lowest BCUT2D eigenvalue weighted by atomic mass is 10.1. The Morgan fingerprint density at radius 1 is 0.872 bits per heavy atom. The van der Waals surface area contributed by atoms with Gasteiger partial charge in [0.25, 0.3) is 11.8 Å². The van der Waals surface area contributed by atoms with E-state index >= 15 is 0 Å². The number of hydrazone groups is 1. The van der Waals surface area contributed by atoms with Crippen molar-refractivity contribution in [1.29, 1.82) is 0 Å². The van der Waals surface area contributed by atoms with Crippen LogP contribution in [0, 0.1) is 0 Å². The summed E-state index contributed by atoms with van der Waals surface area (Å²) in [5.74, 6) is 0.177. The third kappa shape index (κ3) is 10.8. The van der Waals surface area contributed by atoms with E-state index in [0.29, 0.717) is 43.2 Å². The van der Waals surface area contributed by atoms with Crippen molar-refractivity contribution in [3.05, 3.63) is 120 Å². The minimum absolute atomic E-state index is 0.184. The van der Waals surface area contributed by atoms with E-state index in [0.717, 1.165) is 11.1 Å². The molecule has 2 amide bonds. The molecule has 13 heteroatoms. The number of benzene rings is 4. The van der Waals surface area contributed by atoms with Crippen LogP contribution in [0.1, 0.15) is 30.5 Å². The monoisotopic (exact) mass is 779 g/mol. The third-order valence-electron chi connectivity index (χ3n) is 6.59. The van der Waals surface area contributed by atoms with Crippen LogP contribution in [0.5, 0.6) is 17.2 Å². The highest BCUT2D eigenvalue weighted by atomic mass is 79.9. The average molecular weight is 782 g/mol. The molecule has 0 radical (unpaired) electrons. The zero-order valence-corrected chi connectivity index (χ0v) is 29.8. The highest BCUT2D eigenvalue weighted by Crippen LogP contribution is 2.37. The first kappa shape index (κ1) is 36.4. The zero-order chi connectivity index (χ0) is 33.9. The molecular weight excluding hydrogens is 752 g/mol. The molecule has 0 saturated heterocycles. The van der Waals surface area contributed by atoms with Crippen LogP contribution in [-0.4, -0.2) is 36.8 Å². The summed E-state index contributed by atoms with van der Waals surface area (Å²) < 4.78 is 18.2. The van der Waals surface area contributed by atoms with E-state index in [2.05, 4.69) is 31.8 Å². The molecule has 4 aromatic carbocycles. The Balaban J connectivity index is 1.45. The molecule has 0 bridgehead atoms. The lowest BCUT2D eigenvalue weighted by molar-refractivity contribution is -0.132. The Morgan fingerprint density at radius 2 is 1.57 bits per heavy atom. The Kier molecular flexibility index (Phi) is 13.6. The van der Waals surface area contributed by atoms with Crippen LogP contribution in [0.25, 0.3) is 0 Å². The number of rotatable bonds is 14. The molecule has 2 atom stereocenters. The quantitative estimate of drug-likeness (QED) is 0.0986. The molecule has 47 heavy (non-hydrogen) atoms. The Morgan fingerprint density at radius 3 is 2.26 bits per heavy atom. The molecule has 0 aliphatic rings. The third-order valence-corrected chi connectivity index (χ3v) is 8.30. The molecule has 246 valence electrons. The summed E-state index contributed by atoms with van der Waals surface area (Å²) in [6.45, 7) is 3.98. The fraction of sp³-hybridized carbons (Fsp3) is 0.206. The van der Waals surface area contributed by atoms with Crippen molar-refractivity contribution in [3.8, 4) is 17.2 Å². The van der Waals surface area contributed by atoms with Crippen molar-refractivity contribution in [2.45, 2.75) is 39.0 Å². The van der Waals surface area contributed by atoms with Crippen molar-refractivity contribution in [1.82, 2.24) is 10.7 Å². The number of carbonyl (C=O) groups excluding carboxylic acids is 2. The average Bonchev–Trinajstić information content (AvgIpc) is 3.03. The molecule has 0 aromatic heterocycles. The van der Waals surface area contributed by atoms with Gasteiger partial charge < -0.3 is 19.5 Å². The van der Waals surface area contributed by atoms with Gasteiger partial charge in [0, 0.05) is 27.1 Å². The first-order chi connectivity index (χ1) is 22.5. The largest absolute Gasteiger partial charge is 0.490 e. The zero-order valence-electron chi connectivity index (χ0n) is 25.2. The van der Waals surface area contributed by atoms with E-state index in [1.54, 1.807) is 49.4 Å². The van der Waals surface area contributed by atoms with E-state index in [9.17, 15) is 9.59 Å². The number of nitrogens with one attached hydrogen (secondary N) is 2. The van der Waals surface area contributed by atoms with Gasteiger partial charge in [-0.2, -0.15) is 5.10 Å². The van der Waals surface area contributed by atoms with Gasteiger partial charge in [-0.3, -0.25) is 9.59 Å². The molecule has 4 aromatic rings. The first-order valence-electron chi connectivity index (χ1n) is 14.4. The van der Waals surface area contributed by atoms with Gasteiger partial charge in [0.05, 0.1) is 22.3 Å². The molecule has 0 spiro atoms. The SMILES string of the molecule is CCOc1cc(/C=N\NC(=O)[C@@H](Cc2ccccc2)NC(=O)[C@H](C)Oc2ccc(Cl)cc2Cl)cc(Br)c1OCc1ccc(Cl)cc1Cl. The second kappa shape index (κ2) is 17.6. The molecule has 0 unspecified atom stereocenters. The van der Waals surface area contributed by atoms with Crippen LogP contribution in [0.2, 0.25) is 20.1 Å². The van der Waals surface area contributed by atoms with Crippen molar-refractivity contribution >= 4 is 80.4 Å². The standard InChI is InChI=1S/C34H30BrCl4N3O5/c1-3-45-31-15-22(13-26(35)32(31)46-19-23-9-10-24(36)16-27(23)38)18-40-42-34(44)29(14-21-7-5-4-6-8-21)41-33(43)20(2)47-30-12-11-25(37)17-28(30)39/h4-13,15-18,20,29H,3,14,19H2,1-2H3,(H,41,43)(H,42,44)/b40-18-/t20-,29+/m0/s1. The fourth-order valence-corrected chi connectivity index (χ4v) is 5.76. The van der Waals surface area contributed by atoms with Crippen LogP contribution in [0.3, 0.4) is 0 Å². The maximum absolute atomic E-state index is 13.3. The molecule has 0 aliphatic carbocycles. The second-order valence-corrected chi connectivity index (χ2v) is 12.6. The van der Waals surface area contributed by atoms with Crippen LogP contribution in [0.15, 0.2) is 88.4 Å². The molecule has 0 aliphatic heterocycles. The number of nitrogens with zero attached hydrogens (tertiary/aromatic N) is 1. The smallest absolute Gasteiger partial charge is 0.262 e. The summed E-state index contributed by atoms with van der Waals surface area (Å²) in [6, 6.07) is 21.7. The van der Waals surface area contributed by atoms with Gasteiger partial charge in [-0.05, 0) is 83.4 Å². The number of carbonyl (C=O) groups is 2. The number of amides is 2. The number of hydrogen-bond acceptors (Lipinski definition) is 6. The van der Waals surface area contributed by atoms with Gasteiger partial charge >= 0.3 is 0 Å². The van der Waals surface area contributed by atoms with E-state index in [4.69, 9.17) is 60.6 Å². The van der Waals surface area contributed by atoms with E-state index in [1.165, 1.54) is 12.3 Å². The minimum atomic E-state index is -0.964. The van der Waals surface area contributed by atoms with Crippen LogP contribution >= 0.6 is 62.3 Å². The summed E-state index contributed by atoms with van der Waals surface area (Å²) in [5, 5.41) is 8.62. The molecule has 0 fully saturated rings. The molecule has 4 rings (SSSR count). The lowest BCUT2D eigenvalue weighted by Crippen LogP contribution is -2.50. The lowest BCUT2D eigenvalue weighted by Gasteiger charge is -2.21. The van der Waals surface area contributed by atoms with Gasteiger partial charge in [0.1, 0.15) is 18.4 Å². The van der Waals surface area contributed by atoms with Crippen molar-refractivity contribution in [2.24, 2.45) is 5.10 Å². The number of halogens is 5. The Hall–Kier alpha value is -3.47. The van der Waals surface area contributed by atoms with Crippen molar-refractivity contribution in [2.75, 3.05) is 6.61 Å². The second-order valence-electron chi connectivity index (χ2n) is 10.1. The van der Waals surface area contributed by atoms with E-state index < -0.39 is 24.0 Å². The molecule has 0 heterocycles. The highest BCUT2D eigenvalue weighted by Gasteiger charge is 2.25. The van der Waals surface area contributed by atoms with Gasteiger partial charge in [0.15, 0.2) is 17.6 Å². The van der Waals surface area contributed by atoms with E-state index in [1.807, 2.05) is 37.3 Å². The van der Waals surface area contributed by atoms with Crippen molar-refractivity contribution in [3.63, 3.8) is 0 Å². The maximum Gasteiger partial charge on any atom is 0.262 e. The molecular formula is C34H30BrCl4N3O5. The van der Waals surface area contributed by atoms with Gasteiger partial charge in [-0.1, -0.05) is 82.8 Å². The predicted octanol–water partition coefficient (Wildman–Crippen LogP) is 8.69. The number of ether oxygens (including phenoxy) is 3. The Bertz CT molecular complexity index is 1740.